The third-order valence-corrected chi connectivity index (χ3v) is 3.49. The van der Waals surface area contributed by atoms with Crippen LogP contribution in [0.15, 0.2) is 0 Å². The topological polar surface area (TPSA) is 15.3 Å². The van der Waals surface area contributed by atoms with Crippen LogP contribution in [0.1, 0.15) is 33.1 Å². The largest absolute Gasteiger partial charge is 0.314 e. The fraction of sp³-hybridized carbons (Fsp3) is 1.00. The van der Waals surface area contributed by atoms with Crippen molar-refractivity contribution in [3.8, 4) is 0 Å². The Bertz CT molecular complexity index is 165. The van der Waals surface area contributed by atoms with Crippen molar-refractivity contribution < 1.29 is 0 Å². The average molecular weight is 182 g/mol. The Kier molecular flexibility index (Phi) is 2.89. The van der Waals surface area contributed by atoms with Crippen LogP contribution in [0.4, 0.5) is 0 Å². The van der Waals surface area contributed by atoms with E-state index in [-0.39, 0.29) is 0 Å². The van der Waals surface area contributed by atoms with Gasteiger partial charge in [-0.05, 0) is 26.2 Å². The Balaban J connectivity index is 1.81. The van der Waals surface area contributed by atoms with Crippen molar-refractivity contribution in [3.63, 3.8) is 0 Å². The highest BCUT2D eigenvalue weighted by molar-refractivity contribution is 4.84. The van der Waals surface area contributed by atoms with E-state index < -0.39 is 0 Å². The summed E-state index contributed by atoms with van der Waals surface area (Å²) in [6.45, 7) is 8.35. The van der Waals surface area contributed by atoms with E-state index in [9.17, 15) is 0 Å². The molecule has 76 valence electrons. The first kappa shape index (κ1) is 9.47. The highest BCUT2D eigenvalue weighted by atomic mass is 15.2. The molecule has 2 rings (SSSR count). The van der Waals surface area contributed by atoms with Crippen molar-refractivity contribution in [1.82, 2.24) is 10.2 Å². The standard InChI is InChI=1S/C11H22N2/c1-9(7-11-3-4-11)13-6-5-12-8-10(13)2/h9-12H,3-8H2,1-2H3/t9?,10-/m0/s1. The summed E-state index contributed by atoms with van der Waals surface area (Å²) < 4.78 is 0. The molecule has 2 fully saturated rings. The molecule has 0 amide bonds. The normalized spacial score (nSPS) is 33.2. The molecule has 2 aliphatic rings. The zero-order valence-corrected chi connectivity index (χ0v) is 8.92. The van der Waals surface area contributed by atoms with Crippen LogP contribution in [0.5, 0.6) is 0 Å². The van der Waals surface area contributed by atoms with Crippen LogP contribution in [0.3, 0.4) is 0 Å². The average Bonchev–Trinajstić information content (AvgIpc) is 2.89. The van der Waals surface area contributed by atoms with E-state index in [1.165, 1.54) is 38.9 Å². The quantitative estimate of drug-likeness (QED) is 0.711. The zero-order valence-electron chi connectivity index (χ0n) is 8.92. The van der Waals surface area contributed by atoms with Gasteiger partial charge in [0.2, 0.25) is 0 Å². The van der Waals surface area contributed by atoms with Crippen LogP contribution in [-0.2, 0) is 0 Å². The summed E-state index contributed by atoms with van der Waals surface area (Å²) in [6.07, 6.45) is 4.42. The highest BCUT2D eigenvalue weighted by Crippen LogP contribution is 2.34. The second-order valence-corrected chi connectivity index (χ2v) is 4.82. The van der Waals surface area contributed by atoms with Crippen LogP contribution < -0.4 is 5.32 Å². The second-order valence-electron chi connectivity index (χ2n) is 4.82. The van der Waals surface area contributed by atoms with Crippen molar-refractivity contribution in [2.45, 2.75) is 45.2 Å². The Morgan fingerprint density at radius 2 is 2.23 bits per heavy atom. The van der Waals surface area contributed by atoms with Crippen LogP contribution in [0.25, 0.3) is 0 Å². The monoisotopic (exact) mass is 182 g/mol. The summed E-state index contributed by atoms with van der Waals surface area (Å²) >= 11 is 0. The summed E-state index contributed by atoms with van der Waals surface area (Å²) in [7, 11) is 0. The molecule has 1 heterocycles. The molecule has 1 saturated carbocycles. The fourth-order valence-corrected chi connectivity index (χ4v) is 2.48. The van der Waals surface area contributed by atoms with Gasteiger partial charge in [0.15, 0.2) is 0 Å². The van der Waals surface area contributed by atoms with Gasteiger partial charge < -0.3 is 5.32 Å². The summed E-state index contributed by atoms with van der Waals surface area (Å²) in [5.41, 5.74) is 0. The van der Waals surface area contributed by atoms with Gasteiger partial charge in [-0.25, -0.2) is 0 Å². The molecule has 0 radical (unpaired) electrons. The maximum atomic E-state index is 3.45. The van der Waals surface area contributed by atoms with Crippen LogP contribution in [0, 0.1) is 5.92 Å². The Hall–Kier alpha value is -0.0800. The minimum atomic E-state index is 0.738. The van der Waals surface area contributed by atoms with Gasteiger partial charge in [-0.1, -0.05) is 12.8 Å². The molecule has 1 aliphatic carbocycles. The van der Waals surface area contributed by atoms with E-state index >= 15 is 0 Å². The van der Waals surface area contributed by atoms with Gasteiger partial charge in [-0.2, -0.15) is 0 Å². The van der Waals surface area contributed by atoms with E-state index in [0.29, 0.717) is 0 Å². The summed E-state index contributed by atoms with van der Waals surface area (Å²) in [4.78, 5) is 2.68. The third kappa shape index (κ3) is 2.44. The van der Waals surface area contributed by atoms with Gasteiger partial charge in [-0.15, -0.1) is 0 Å². The molecule has 1 saturated heterocycles. The predicted octanol–water partition coefficient (Wildman–Crippen LogP) is 1.47. The number of hydrogen-bond acceptors (Lipinski definition) is 2. The van der Waals surface area contributed by atoms with Crippen molar-refractivity contribution in [2.75, 3.05) is 19.6 Å². The molecule has 1 aliphatic heterocycles. The number of rotatable bonds is 3. The number of hydrogen-bond donors (Lipinski definition) is 1. The first-order valence-corrected chi connectivity index (χ1v) is 5.74. The number of nitrogens with zero attached hydrogens (tertiary/aromatic N) is 1. The van der Waals surface area contributed by atoms with Crippen molar-refractivity contribution in [3.05, 3.63) is 0 Å². The smallest absolute Gasteiger partial charge is 0.0195 e. The molecule has 1 N–H and O–H groups in total. The molecule has 0 aromatic heterocycles. The van der Waals surface area contributed by atoms with Crippen molar-refractivity contribution in [1.29, 1.82) is 0 Å². The molecule has 0 aromatic rings. The summed E-state index contributed by atoms with van der Waals surface area (Å²) in [5.74, 6) is 1.07. The minimum absolute atomic E-state index is 0.738. The lowest BCUT2D eigenvalue weighted by atomic mass is 10.1. The van der Waals surface area contributed by atoms with Crippen molar-refractivity contribution in [2.24, 2.45) is 5.92 Å². The number of nitrogens with one attached hydrogen (secondary N) is 1. The van der Waals surface area contributed by atoms with Crippen LogP contribution in [-0.4, -0.2) is 36.6 Å². The maximum Gasteiger partial charge on any atom is 0.0195 e. The van der Waals surface area contributed by atoms with E-state index in [0.717, 1.165) is 18.0 Å². The van der Waals surface area contributed by atoms with Gasteiger partial charge in [0.1, 0.15) is 0 Å². The highest BCUT2D eigenvalue weighted by Gasteiger charge is 2.29. The molecule has 0 bridgehead atoms. The van der Waals surface area contributed by atoms with E-state index in [1.807, 2.05) is 0 Å². The van der Waals surface area contributed by atoms with Crippen LogP contribution >= 0.6 is 0 Å². The second kappa shape index (κ2) is 3.97. The van der Waals surface area contributed by atoms with Gasteiger partial charge in [0.05, 0.1) is 0 Å². The Morgan fingerprint density at radius 3 is 2.85 bits per heavy atom. The molecule has 0 aromatic carbocycles. The molecule has 0 spiro atoms. The lowest BCUT2D eigenvalue weighted by Gasteiger charge is -2.38. The predicted molar refractivity (Wildman–Crippen MR) is 55.8 cm³/mol. The maximum absolute atomic E-state index is 3.45. The number of piperazine rings is 1. The molecule has 13 heavy (non-hydrogen) atoms. The first-order chi connectivity index (χ1) is 6.27. The van der Waals surface area contributed by atoms with Gasteiger partial charge in [0, 0.05) is 31.7 Å². The summed E-state index contributed by atoms with van der Waals surface area (Å²) in [5, 5.41) is 3.45. The molecular weight excluding hydrogens is 160 g/mol. The van der Waals surface area contributed by atoms with E-state index in [1.54, 1.807) is 0 Å². The first-order valence-electron chi connectivity index (χ1n) is 5.74. The summed E-state index contributed by atoms with van der Waals surface area (Å²) in [6, 6.07) is 1.55. The van der Waals surface area contributed by atoms with E-state index in [4.69, 9.17) is 0 Å². The molecule has 1 unspecified atom stereocenters. The van der Waals surface area contributed by atoms with Gasteiger partial charge in [-0.3, -0.25) is 4.90 Å². The Labute approximate surface area is 81.7 Å². The van der Waals surface area contributed by atoms with Crippen molar-refractivity contribution >= 4 is 0 Å². The lowest BCUT2D eigenvalue weighted by molar-refractivity contribution is 0.117. The third-order valence-electron chi connectivity index (χ3n) is 3.49. The zero-order chi connectivity index (χ0) is 9.26. The van der Waals surface area contributed by atoms with Gasteiger partial charge in [0.25, 0.3) is 0 Å². The molecular formula is C11H22N2. The van der Waals surface area contributed by atoms with Crippen LogP contribution in [0.2, 0.25) is 0 Å². The molecule has 2 heteroatoms. The fourth-order valence-electron chi connectivity index (χ4n) is 2.48. The minimum Gasteiger partial charge on any atom is -0.314 e. The van der Waals surface area contributed by atoms with E-state index in [2.05, 4.69) is 24.1 Å². The van der Waals surface area contributed by atoms with Gasteiger partial charge >= 0.3 is 0 Å². The molecule has 2 atom stereocenters. The SMILES string of the molecule is CC(CC1CC1)N1CCNC[C@@H]1C. The molecule has 2 nitrogen and oxygen atoms in total. The Morgan fingerprint density at radius 1 is 1.46 bits per heavy atom. The lowest BCUT2D eigenvalue weighted by Crippen LogP contribution is -2.53.